The molecule has 0 saturated heterocycles. The van der Waals surface area contributed by atoms with Gasteiger partial charge in [-0.3, -0.25) is 4.79 Å². The molecule has 1 saturated carbocycles. The first kappa shape index (κ1) is 11.0. The third-order valence-electron chi connectivity index (χ3n) is 3.01. The lowest BCUT2D eigenvalue weighted by molar-refractivity contribution is 0.0752. The Labute approximate surface area is 96.5 Å². The Balaban J connectivity index is 2.12. The minimum Gasteiger partial charge on any atom is -0.388 e. The third kappa shape index (κ3) is 2.18. The van der Waals surface area contributed by atoms with E-state index < -0.39 is 0 Å². The van der Waals surface area contributed by atoms with Gasteiger partial charge in [0.2, 0.25) is 0 Å². The zero-order valence-corrected chi connectivity index (χ0v) is 9.86. The molecule has 1 aliphatic carbocycles. The van der Waals surface area contributed by atoms with E-state index in [1.165, 1.54) is 0 Å². The number of amides is 1. The van der Waals surface area contributed by atoms with Gasteiger partial charge < -0.3 is 10.2 Å². The molecule has 0 atom stereocenters. The van der Waals surface area contributed by atoms with Crippen molar-refractivity contribution in [3.8, 4) is 0 Å². The highest BCUT2D eigenvalue weighted by Gasteiger charge is 2.31. The molecular weight excluding hydrogens is 200 g/mol. The smallest absolute Gasteiger partial charge is 0.254 e. The normalized spacial score (nSPS) is 14.6. The van der Waals surface area contributed by atoms with Gasteiger partial charge in [-0.05, 0) is 44.0 Å². The maximum Gasteiger partial charge on any atom is 0.254 e. The van der Waals surface area contributed by atoms with E-state index in [-0.39, 0.29) is 5.91 Å². The number of hydrogen-bond acceptors (Lipinski definition) is 2. The maximum atomic E-state index is 12.2. The summed E-state index contributed by atoms with van der Waals surface area (Å²) < 4.78 is 0. The van der Waals surface area contributed by atoms with Gasteiger partial charge >= 0.3 is 0 Å². The van der Waals surface area contributed by atoms with Crippen LogP contribution in [0.25, 0.3) is 0 Å². The molecule has 3 nitrogen and oxygen atoms in total. The van der Waals surface area contributed by atoms with Crippen molar-refractivity contribution in [2.45, 2.75) is 25.8 Å². The molecule has 0 unspecified atom stereocenters. The second-order valence-corrected chi connectivity index (χ2v) is 4.15. The first-order valence-corrected chi connectivity index (χ1v) is 5.85. The molecule has 2 rings (SSSR count). The number of carbonyl (C=O) groups is 1. The molecular formula is C13H18N2O. The van der Waals surface area contributed by atoms with Crippen LogP contribution >= 0.6 is 0 Å². The summed E-state index contributed by atoms with van der Waals surface area (Å²) in [5, 5.41) is 3.05. The first-order valence-electron chi connectivity index (χ1n) is 5.85. The summed E-state index contributed by atoms with van der Waals surface area (Å²) in [5.74, 6) is 0.160. The number of carbonyl (C=O) groups excluding carboxylic acids is 1. The average Bonchev–Trinajstić information content (AvgIpc) is 3.14. The average molecular weight is 218 g/mol. The lowest BCUT2D eigenvalue weighted by Gasteiger charge is -2.20. The summed E-state index contributed by atoms with van der Waals surface area (Å²) in [7, 11) is 1.87. The van der Waals surface area contributed by atoms with Gasteiger partial charge in [-0.25, -0.2) is 0 Å². The minimum absolute atomic E-state index is 0.160. The molecule has 3 heteroatoms. The number of nitrogens with one attached hydrogen (secondary N) is 1. The van der Waals surface area contributed by atoms with Crippen LogP contribution in [0.15, 0.2) is 24.3 Å². The summed E-state index contributed by atoms with van der Waals surface area (Å²) in [6.45, 7) is 2.84. The molecule has 0 spiro atoms. The van der Waals surface area contributed by atoms with Gasteiger partial charge in [-0.2, -0.15) is 0 Å². The molecule has 0 bridgehead atoms. The van der Waals surface area contributed by atoms with Crippen LogP contribution in [0.5, 0.6) is 0 Å². The molecule has 1 aliphatic rings. The standard InChI is InChI=1S/C13H18N2O/c1-3-15(12-8-9-12)13(16)10-4-6-11(14-2)7-5-10/h4-7,12,14H,3,8-9H2,1-2H3. The highest BCUT2D eigenvalue weighted by Crippen LogP contribution is 2.28. The molecule has 1 amide bonds. The van der Waals surface area contributed by atoms with Crippen molar-refractivity contribution >= 4 is 11.6 Å². The van der Waals surface area contributed by atoms with Crippen molar-refractivity contribution < 1.29 is 4.79 Å². The van der Waals surface area contributed by atoms with Crippen molar-refractivity contribution in [1.29, 1.82) is 0 Å². The fraction of sp³-hybridized carbons (Fsp3) is 0.462. The lowest BCUT2D eigenvalue weighted by atomic mass is 10.2. The number of anilines is 1. The van der Waals surface area contributed by atoms with E-state index in [2.05, 4.69) is 5.32 Å². The van der Waals surface area contributed by atoms with Crippen molar-refractivity contribution in [2.24, 2.45) is 0 Å². The van der Waals surface area contributed by atoms with E-state index >= 15 is 0 Å². The largest absolute Gasteiger partial charge is 0.388 e. The zero-order valence-electron chi connectivity index (χ0n) is 9.86. The number of rotatable bonds is 4. The Kier molecular flexibility index (Phi) is 3.13. The summed E-state index contributed by atoms with van der Waals surface area (Å²) in [5.41, 5.74) is 1.82. The Hall–Kier alpha value is -1.51. The van der Waals surface area contributed by atoms with Crippen LogP contribution in [0, 0.1) is 0 Å². The van der Waals surface area contributed by atoms with Crippen molar-refractivity contribution in [3.05, 3.63) is 29.8 Å². The van der Waals surface area contributed by atoms with Gasteiger partial charge in [0.15, 0.2) is 0 Å². The summed E-state index contributed by atoms with van der Waals surface area (Å²) in [6.07, 6.45) is 2.32. The topological polar surface area (TPSA) is 32.3 Å². The zero-order chi connectivity index (χ0) is 11.5. The second kappa shape index (κ2) is 4.56. The van der Waals surface area contributed by atoms with E-state index in [1.54, 1.807) is 0 Å². The van der Waals surface area contributed by atoms with Gasteiger partial charge in [-0.1, -0.05) is 0 Å². The number of hydrogen-bond donors (Lipinski definition) is 1. The van der Waals surface area contributed by atoms with E-state index in [0.717, 1.165) is 30.6 Å². The van der Waals surface area contributed by atoms with Crippen molar-refractivity contribution in [3.63, 3.8) is 0 Å². The van der Waals surface area contributed by atoms with Gasteiger partial charge in [0.25, 0.3) is 5.91 Å². The van der Waals surface area contributed by atoms with Crippen LogP contribution < -0.4 is 5.32 Å². The fourth-order valence-corrected chi connectivity index (χ4v) is 1.90. The highest BCUT2D eigenvalue weighted by atomic mass is 16.2. The predicted octanol–water partition coefficient (Wildman–Crippen LogP) is 2.35. The van der Waals surface area contributed by atoms with Gasteiger partial charge in [0, 0.05) is 30.9 Å². The van der Waals surface area contributed by atoms with Crippen LogP contribution in [0.1, 0.15) is 30.1 Å². The van der Waals surface area contributed by atoms with E-state index in [0.29, 0.717) is 6.04 Å². The van der Waals surface area contributed by atoms with Crippen LogP contribution in [-0.4, -0.2) is 30.4 Å². The molecule has 0 aliphatic heterocycles. The SMILES string of the molecule is CCN(C(=O)c1ccc(NC)cc1)C1CC1. The van der Waals surface area contributed by atoms with Gasteiger partial charge in [0.1, 0.15) is 0 Å². The molecule has 0 aromatic heterocycles. The quantitative estimate of drug-likeness (QED) is 0.841. The maximum absolute atomic E-state index is 12.2. The Morgan fingerprint density at radius 1 is 1.38 bits per heavy atom. The van der Waals surface area contributed by atoms with Crippen LogP contribution in [-0.2, 0) is 0 Å². The predicted molar refractivity (Wildman–Crippen MR) is 65.7 cm³/mol. The molecule has 16 heavy (non-hydrogen) atoms. The number of nitrogens with zero attached hydrogens (tertiary/aromatic N) is 1. The molecule has 1 aromatic rings. The second-order valence-electron chi connectivity index (χ2n) is 4.15. The Bertz CT molecular complexity index is 368. The highest BCUT2D eigenvalue weighted by molar-refractivity contribution is 5.94. The van der Waals surface area contributed by atoms with E-state index in [4.69, 9.17) is 0 Å². The van der Waals surface area contributed by atoms with Crippen LogP contribution in [0.4, 0.5) is 5.69 Å². The van der Waals surface area contributed by atoms with Gasteiger partial charge in [-0.15, -0.1) is 0 Å². The Morgan fingerprint density at radius 2 is 2.00 bits per heavy atom. The van der Waals surface area contributed by atoms with Crippen molar-refractivity contribution in [1.82, 2.24) is 4.90 Å². The molecule has 1 fully saturated rings. The molecule has 1 N–H and O–H groups in total. The van der Waals surface area contributed by atoms with E-state index in [1.807, 2.05) is 43.1 Å². The fourth-order valence-electron chi connectivity index (χ4n) is 1.90. The summed E-state index contributed by atoms with van der Waals surface area (Å²) in [4.78, 5) is 14.1. The first-order chi connectivity index (χ1) is 7.76. The molecule has 0 heterocycles. The minimum atomic E-state index is 0.160. The third-order valence-corrected chi connectivity index (χ3v) is 3.01. The Morgan fingerprint density at radius 3 is 2.44 bits per heavy atom. The van der Waals surface area contributed by atoms with E-state index in [9.17, 15) is 4.79 Å². The monoisotopic (exact) mass is 218 g/mol. The van der Waals surface area contributed by atoms with Crippen LogP contribution in [0.3, 0.4) is 0 Å². The van der Waals surface area contributed by atoms with Gasteiger partial charge in [0.05, 0.1) is 0 Å². The summed E-state index contributed by atoms with van der Waals surface area (Å²) >= 11 is 0. The summed E-state index contributed by atoms with van der Waals surface area (Å²) in [6, 6.07) is 8.14. The molecule has 86 valence electrons. The molecule has 0 radical (unpaired) electrons. The lowest BCUT2D eigenvalue weighted by Crippen LogP contribution is -2.32. The van der Waals surface area contributed by atoms with Crippen molar-refractivity contribution in [2.75, 3.05) is 18.9 Å². The molecule has 1 aromatic carbocycles. The van der Waals surface area contributed by atoms with Crippen LogP contribution in [0.2, 0.25) is 0 Å². The number of benzene rings is 1.